The van der Waals surface area contributed by atoms with Crippen molar-refractivity contribution in [2.45, 2.75) is 37.9 Å². The lowest BCUT2D eigenvalue weighted by Gasteiger charge is -2.19. The number of halogens is 2. The normalized spacial score (nSPS) is 20.0. The number of hydrogen-bond acceptors (Lipinski definition) is 0. The van der Waals surface area contributed by atoms with Crippen LogP contribution in [0.15, 0.2) is 18.2 Å². The Labute approximate surface area is 99.0 Å². The van der Waals surface area contributed by atoms with Gasteiger partial charge in [-0.25, -0.2) is 4.39 Å². The van der Waals surface area contributed by atoms with Crippen LogP contribution < -0.4 is 0 Å². The molecule has 0 aliphatic heterocycles. The van der Waals surface area contributed by atoms with Crippen molar-refractivity contribution in [3.63, 3.8) is 0 Å². The molecule has 1 aromatic rings. The van der Waals surface area contributed by atoms with E-state index >= 15 is 0 Å². The summed E-state index contributed by atoms with van der Waals surface area (Å²) in [4.78, 5) is 0.550. The van der Waals surface area contributed by atoms with Gasteiger partial charge in [0.05, 0.1) is 0 Å². The largest absolute Gasteiger partial charge is 0.207 e. The first kappa shape index (κ1) is 11.1. The SMILES string of the molecule is Cc1cc(F)ccc1CC1(C(C)Br)CC1. The molecule has 0 nitrogen and oxygen atoms in total. The average Bonchev–Trinajstić information content (AvgIpc) is 2.91. The van der Waals surface area contributed by atoms with E-state index in [-0.39, 0.29) is 5.82 Å². The van der Waals surface area contributed by atoms with Crippen LogP contribution in [0, 0.1) is 18.2 Å². The Kier molecular flexibility index (Phi) is 2.89. The lowest BCUT2D eigenvalue weighted by molar-refractivity contribution is 0.506. The fourth-order valence-electron chi connectivity index (χ4n) is 2.11. The molecule has 0 radical (unpaired) electrons. The number of alkyl halides is 1. The first-order chi connectivity index (χ1) is 7.03. The Morgan fingerprint density at radius 3 is 2.60 bits per heavy atom. The van der Waals surface area contributed by atoms with Crippen molar-refractivity contribution in [1.29, 1.82) is 0 Å². The molecule has 1 aliphatic carbocycles. The smallest absolute Gasteiger partial charge is 0.123 e. The van der Waals surface area contributed by atoms with Crippen molar-refractivity contribution in [3.8, 4) is 0 Å². The molecule has 1 aliphatic rings. The standard InChI is InChI=1S/C13H16BrF/c1-9-7-12(15)4-3-11(9)8-13(5-6-13)10(2)14/h3-4,7,10H,5-6,8H2,1-2H3. The first-order valence-corrected chi connectivity index (χ1v) is 6.34. The van der Waals surface area contributed by atoms with Gasteiger partial charge < -0.3 is 0 Å². The minimum absolute atomic E-state index is 0.131. The van der Waals surface area contributed by atoms with E-state index in [1.54, 1.807) is 12.1 Å². The molecule has 1 saturated carbocycles. The third kappa shape index (κ3) is 2.25. The van der Waals surface area contributed by atoms with Crippen molar-refractivity contribution in [2.75, 3.05) is 0 Å². The van der Waals surface area contributed by atoms with Gasteiger partial charge in [0.1, 0.15) is 5.82 Å². The Balaban J connectivity index is 2.18. The van der Waals surface area contributed by atoms with Crippen molar-refractivity contribution >= 4 is 15.9 Å². The molecule has 1 aromatic carbocycles. The van der Waals surface area contributed by atoms with Gasteiger partial charge in [0.2, 0.25) is 0 Å². The van der Waals surface area contributed by atoms with Gasteiger partial charge in [-0.1, -0.05) is 28.9 Å². The molecule has 1 fully saturated rings. The zero-order valence-corrected chi connectivity index (χ0v) is 10.8. The number of benzene rings is 1. The van der Waals surface area contributed by atoms with E-state index in [1.807, 2.05) is 13.0 Å². The average molecular weight is 271 g/mol. The second-order valence-corrected chi connectivity index (χ2v) is 6.10. The maximum atomic E-state index is 12.9. The molecule has 0 heterocycles. The molecule has 0 N–H and O–H groups in total. The molecule has 15 heavy (non-hydrogen) atoms. The summed E-state index contributed by atoms with van der Waals surface area (Å²) in [6, 6.07) is 5.13. The van der Waals surface area contributed by atoms with E-state index in [0.717, 1.165) is 12.0 Å². The molecular formula is C13H16BrF. The maximum absolute atomic E-state index is 12.9. The molecule has 82 valence electrons. The maximum Gasteiger partial charge on any atom is 0.123 e. The quantitative estimate of drug-likeness (QED) is 0.721. The van der Waals surface area contributed by atoms with E-state index in [1.165, 1.54) is 18.4 Å². The van der Waals surface area contributed by atoms with E-state index in [0.29, 0.717) is 10.2 Å². The van der Waals surface area contributed by atoms with Crippen LogP contribution in [0.1, 0.15) is 30.9 Å². The number of hydrogen-bond donors (Lipinski definition) is 0. The Bertz CT molecular complexity index is 367. The van der Waals surface area contributed by atoms with Gasteiger partial charge in [-0.3, -0.25) is 0 Å². The summed E-state index contributed by atoms with van der Waals surface area (Å²) in [5, 5.41) is 0. The molecule has 1 atom stereocenters. The van der Waals surface area contributed by atoms with Crippen LogP contribution in [0.3, 0.4) is 0 Å². The van der Waals surface area contributed by atoms with Crippen molar-refractivity contribution in [3.05, 3.63) is 35.1 Å². The van der Waals surface area contributed by atoms with Gasteiger partial charge in [-0.15, -0.1) is 0 Å². The van der Waals surface area contributed by atoms with Crippen LogP contribution in [0.4, 0.5) is 4.39 Å². The summed E-state index contributed by atoms with van der Waals surface area (Å²) in [6.45, 7) is 4.21. The van der Waals surface area contributed by atoms with E-state index in [2.05, 4.69) is 22.9 Å². The third-order valence-corrected chi connectivity index (χ3v) is 4.55. The monoisotopic (exact) mass is 270 g/mol. The molecule has 0 aromatic heterocycles. The topological polar surface area (TPSA) is 0 Å². The van der Waals surface area contributed by atoms with E-state index < -0.39 is 0 Å². The lowest BCUT2D eigenvalue weighted by Crippen LogP contribution is -2.15. The molecule has 0 spiro atoms. The Morgan fingerprint density at radius 2 is 2.13 bits per heavy atom. The van der Waals surface area contributed by atoms with Crippen molar-refractivity contribution in [1.82, 2.24) is 0 Å². The molecule has 0 amide bonds. The van der Waals surface area contributed by atoms with Gasteiger partial charge >= 0.3 is 0 Å². The molecular weight excluding hydrogens is 255 g/mol. The highest BCUT2D eigenvalue weighted by molar-refractivity contribution is 9.09. The molecule has 2 rings (SSSR count). The van der Waals surface area contributed by atoms with E-state index in [9.17, 15) is 4.39 Å². The van der Waals surface area contributed by atoms with Crippen LogP contribution in [-0.2, 0) is 6.42 Å². The second-order valence-electron chi connectivity index (χ2n) is 4.73. The van der Waals surface area contributed by atoms with Crippen LogP contribution in [0.5, 0.6) is 0 Å². The van der Waals surface area contributed by atoms with Crippen LogP contribution in [-0.4, -0.2) is 4.83 Å². The first-order valence-electron chi connectivity index (χ1n) is 5.43. The van der Waals surface area contributed by atoms with Gasteiger partial charge in [0.15, 0.2) is 0 Å². The third-order valence-electron chi connectivity index (χ3n) is 3.58. The minimum Gasteiger partial charge on any atom is -0.207 e. The second kappa shape index (κ2) is 3.89. The predicted molar refractivity (Wildman–Crippen MR) is 64.9 cm³/mol. The summed E-state index contributed by atoms with van der Waals surface area (Å²) in [7, 11) is 0. The molecule has 0 bridgehead atoms. The Morgan fingerprint density at radius 1 is 1.47 bits per heavy atom. The minimum atomic E-state index is -0.131. The van der Waals surface area contributed by atoms with Gasteiger partial charge in [0, 0.05) is 4.83 Å². The van der Waals surface area contributed by atoms with Crippen LogP contribution in [0.2, 0.25) is 0 Å². The predicted octanol–water partition coefficient (Wildman–Crippen LogP) is 4.24. The zero-order chi connectivity index (χ0) is 11.1. The van der Waals surface area contributed by atoms with E-state index in [4.69, 9.17) is 0 Å². The van der Waals surface area contributed by atoms with Crippen molar-refractivity contribution < 1.29 is 4.39 Å². The molecule has 0 saturated heterocycles. The highest BCUT2D eigenvalue weighted by Gasteiger charge is 2.46. The summed E-state index contributed by atoms with van der Waals surface area (Å²) < 4.78 is 12.9. The van der Waals surface area contributed by atoms with Crippen LogP contribution >= 0.6 is 15.9 Å². The van der Waals surface area contributed by atoms with Crippen molar-refractivity contribution in [2.24, 2.45) is 5.41 Å². The fraction of sp³-hybridized carbons (Fsp3) is 0.538. The van der Waals surface area contributed by atoms with Gasteiger partial charge in [-0.05, 0) is 54.9 Å². The summed E-state index contributed by atoms with van der Waals surface area (Å²) in [5.74, 6) is -0.131. The van der Waals surface area contributed by atoms with Crippen LogP contribution in [0.25, 0.3) is 0 Å². The molecule has 1 unspecified atom stereocenters. The Hall–Kier alpha value is -0.370. The van der Waals surface area contributed by atoms with Gasteiger partial charge in [-0.2, -0.15) is 0 Å². The number of rotatable bonds is 3. The lowest BCUT2D eigenvalue weighted by atomic mass is 9.91. The summed E-state index contributed by atoms with van der Waals surface area (Å²) >= 11 is 3.68. The zero-order valence-electron chi connectivity index (χ0n) is 9.19. The molecule has 2 heteroatoms. The number of aryl methyl sites for hydroxylation is 1. The summed E-state index contributed by atoms with van der Waals surface area (Å²) in [5.41, 5.74) is 2.80. The highest BCUT2D eigenvalue weighted by atomic mass is 79.9. The fourth-order valence-corrected chi connectivity index (χ4v) is 2.73. The highest BCUT2D eigenvalue weighted by Crippen LogP contribution is 2.54. The summed E-state index contributed by atoms with van der Waals surface area (Å²) in [6.07, 6.45) is 3.65. The van der Waals surface area contributed by atoms with Gasteiger partial charge in [0.25, 0.3) is 0 Å².